The third-order valence-electron chi connectivity index (χ3n) is 4.89. The van der Waals surface area contributed by atoms with Crippen molar-refractivity contribution in [2.24, 2.45) is 0 Å². The highest BCUT2D eigenvalue weighted by Crippen LogP contribution is 2.37. The smallest absolute Gasteiger partial charge is 0.145 e. The zero-order chi connectivity index (χ0) is 14.7. The number of nitrogens with zero attached hydrogens (tertiary/aromatic N) is 1. The Balaban J connectivity index is 1.87. The van der Waals surface area contributed by atoms with Gasteiger partial charge in [0, 0.05) is 24.7 Å². The van der Waals surface area contributed by atoms with E-state index in [0.717, 1.165) is 31.1 Å². The summed E-state index contributed by atoms with van der Waals surface area (Å²) in [6, 6.07) is 6.14. The number of anilines is 1. The molecule has 116 valence electrons. The van der Waals surface area contributed by atoms with Crippen molar-refractivity contribution in [3.63, 3.8) is 0 Å². The van der Waals surface area contributed by atoms with Gasteiger partial charge < -0.3 is 19.7 Å². The van der Waals surface area contributed by atoms with Crippen LogP contribution in [0.15, 0.2) is 18.2 Å². The van der Waals surface area contributed by atoms with Gasteiger partial charge in [-0.05, 0) is 37.9 Å². The van der Waals surface area contributed by atoms with Crippen LogP contribution in [0.25, 0.3) is 0 Å². The topological polar surface area (TPSA) is 33.7 Å². The molecule has 1 heterocycles. The first-order valence-electron chi connectivity index (χ1n) is 7.98. The highest BCUT2D eigenvalue weighted by atomic mass is 16.5. The zero-order valence-corrected chi connectivity index (χ0v) is 13.2. The van der Waals surface area contributed by atoms with Crippen LogP contribution in [0.4, 0.5) is 5.69 Å². The molecule has 1 saturated heterocycles. The maximum atomic E-state index is 5.59. The summed E-state index contributed by atoms with van der Waals surface area (Å²) >= 11 is 0. The Labute approximate surface area is 127 Å². The lowest BCUT2D eigenvalue weighted by Crippen LogP contribution is -2.49. The first-order chi connectivity index (χ1) is 10.3. The first kappa shape index (κ1) is 14.5. The second-order valence-electron chi connectivity index (χ2n) is 6.23. The van der Waals surface area contributed by atoms with Crippen LogP contribution < -0.4 is 19.7 Å². The number of ether oxygens (including phenoxy) is 2. The van der Waals surface area contributed by atoms with E-state index < -0.39 is 0 Å². The van der Waals surface area contributed by atoms with Gasteiger partial charge in [-0.25, -0.2) is 0 Å². The molecule has 1 aliphatic heterocycles. The molecule has 3 rings (SSSR count). The second kappa shape index (κ2) is 6.14. The molecule has 0 unspecified atom stereocenters. The Morgan fingerprint density at radius 3 is 2.62 bits per heavy atom. The van der Waals surface area contributed by atoms with Crippen LogP contribution in [0.2, 0.25) is 0 Å². The van der Waals surface area contributed by atoms with Gasteiger partial charge in [0.1, 0.15) is 11.5 Å². The second-order valence-corrected chi connectivity index (χ2v) is 6.23. The number of hydrogen-bond acceptors (Lipinski definition) is 4. The van der Waals surface area contributed by atoms with Gasteiger partial charge in [0.15, 0.2) is 0 Å². The molecule has 1 aromatic carbocycles. The van der Waals surface area contributed by atoms with Crippen LogP contribution in [0.5, 0.6) is 11.5 Å². The van der Waals surface area contributed by atoms with E-state index in [1.807, 2.05) is 12.1 Å². The normalized spacial score (nSPS) is 21.3. The van der Waals surface area contributed by atoms with Crippen molar-refractivity contribution in [3.05, 3.63) is 18.2 Å². The molecule has 4 nitrogen and oxygen atoms in total. The van der Waals surface area contributed by atoms with Gasteiger partial charge in [-0.1, -0.05) is 12.8 Å². The summed E-state index contributed by atoms with van der Waals surface area (Å²) in [6.07, 6.45) is 6.46. The highest BCUT2D eigenvalue weighted by molar-refractivity contribution is 5.61. The van der Waals surface area contributed by atoms with Gasteiger partial charge in [0.2, 0.25) is 0 Å². The fourth-order valence-corrected chi connectivity index (χ4v) is 3.76. The van der Waals surface area contributed by atoms with Crippen molar-refractivity contribution in [1.82, 2.24) is 5.32 Å². The number of methoxy groups -OCH3 is 2. The average Bonchev–Trinajstić information content (AvgIpc) is 2.87. The lowest BCUT2D eigenvalue weighted by atomic mass is 9.97. The van der Waals surface area contributed by atoms with Crippen LogP contribution in [-0.4, -0.2) is 39.4 Å². The predicted molar refractivity (Wildman–Crippen MR) is 85.6 cm³/mol. The molecule has 1 spiro atoms. The van der Waals surface area contributed by atoms with Crippen LogP contribution in [0.3, 0.4) is 0 Å². The maximum absolute atomic E-state index is 5.59. The van der Waals surface area contributed by atoms with Crippen molar-refractivity contribution in [2.45, 2.75) is 37.6 Å². The number of hydrogen-bond donors (Lipinski definition) is 1. The van der Waals surface area contributed by atoms with Crippen molar-refractivity contribution in [3.8, 4) is 11.5 Å². The minimum atomic E-state index is 0.307. The van der Waals surface area contributed by atoms with Crippen LogP contribution >= 0.6 is 0 Å². The molecule has 1 N–H and O–H groups in total. The third-order valence-corrected chi connectivity index (χ3v) is 4.89. The summed E-state index contributed by atoms with van der Waals surface area (Å²) in [7, 11) is 3.43. The number of nitrogens with one attached hydrogen (secondary N) is 1. The lowest BCUT2D eigenvalue weighted by molar-refractivity contribution is 0.352. The largest absolute Gasteiger partial charge is 0.497 e. The SMILES string of the molecule is COc1ccc(N2CCCNC3(CCCC3)C2)c(OC)c1. The average molecular weight is 290 g/mol. The minimum absolute atomic E-state index is 0.307. The molecular weight excluding hydrogens is 264 g/mol. The monoisotopic (exact) mass is 290 g/mol. The summed E-state index contributed by atoms with van der Waals surface area (Å²) in [4.78, 5) is 2.49. The molecule has 4 heteroatoms. The molecule has 0 aromatic heterocycles. The van der Waals surface area contributed by atoms with E-state index in [0.29, 0.717) is 5.54 Å². The Kier molecular flexibility index (Phi) is 4.24. The van der Waals surface area contributed by atoms with Gasteiger partial charge in [0.25, 0.3) is 0 Å². The number of benzene rings is 1. The van der Waals surface area contributed by atoms with E-state index in [2.05, 4.69) is 16.3 Å². The van der Waals surface area contributed by atoms with Crippen molar-refractivity contribution < 1.29 is 9.47 Å². The summed E-state index contributed by atoms with van der Waals surface area (Å²) < 4.78 is 10.9. The van der Waals surface area contributed by atoms with Crippen molar-refractivity contribution >= 4 is 5.69 Å². The van der Waals surface area contributed by atoms with Gasteiger partial charge in [-0.3, -0.25) is 0 Å². The molecular formula is C17H26N2O2. The fourth-order valence-electron chi connectivity index (χ4n) is 3.76. The van der Waals surface area contributed by atoms with E-state index >= 15 is 0 Å². The summed E-state index contributed by atoms with van der Waals surface area (Å²) in [6.45, 7) is 3.28. The standard InChI is InChI=1S/C17H26N2O2/c1-20-14-6-7-15(16(12-14)21-2)19-11-5-10-18-17(13-19)8-3-4-9-17/h6-7,12,18H,3-5,8-11,13H2,1-2H3. The summed E-state index contributed by atoms with van der Waals surface area (Å²) in [5, 5.41) is 3.81. The predicted octanol–water partition coefficient (Wildman–Crippen LogP) is 2.82. The van der Waals surface area contributed by atoms with Crippen molar-refractivity contribution in [1.29, 1.82) is 0 Å². The molecule has 21 heavy (non-hydrogen) atoms. The summed E-state index contributed by atoms with van der Waals surface area (Å²) in [5.41, 5.74) is 1.50. The van der Waals surface area contributed by atoms with E-state index in [1.54, 1.807) is 14.2 Å². The fraction of sp³-hybridized carbons (Fsp3) is 0.647. The quantitative estimate of drug-likeness (QED) is 0.928. The van der Waals surface area contributed by atoms with Gasteiger partial charge in [0.05, 0.1) is 19.9 Å². The van der Waals surface area contributed by atoms with Crippen LogP contribution in [-0.2, 0) is 0 Å². The molecule has 0 atom stereocenters. The molecule has 1 saturated carbocycles. The number of rotatable bonds is 3. The van der Waals surface area contributed by atoms with Crippen molar-refractivity contribution in [2.75, 3.05) is 38.8 Å². The van der Waals surface area contributed by atoms with Gasteiger partial charge in [-0.15, -0.1) is 0 Å². The Morgan fingerprint density at radius 2 is 1.90 bits per heavy atom. The lowest BCUT2D eigenvalue weighted by Gasteiger charge is -2.35. The molecule has 0 amide bonds. The molecule has 1 aromatic rings. The Morgan fingerprint density at radius 1 is 1.10 bits per heavy atom. The molecule has 0 radical (unpaired) electrons. The molecule has 2 fully saturated rings. The minimum Gasteiger partial charge on any atom is -0.497 e. The first-order valence-corrected chi connectivity index (χ1v) is 7.98. The van der Waals surface area contributed by atoms with E-state index in [-0.39, 0.29) is 0 Å². The van der Waals surface area contributed by atoms with E-state index in [4.69, 9.17) is 9.47 Å². The maximum Gasteiger partial charge on any atom is 0.145 e. The van der Waals surface area contributed by atoms with E-state index in [1.165, 1.54) is 37.8 Å². The summed E-state index contributed by atoms with van der Waals surface area (Å²) in [5.74, 6) is 1.75. The molecule has 1 aliphatic carbocycles. The van der Waals surface area contributed by atoms with Gasteiger partial charge >= 0.3 is 0 Å². The van der Waals surface area contributed by atoms with Crippen LogP contribution in [0.1, 0.15) is 32.1 Å². The van der Waals surface area contributed by atoms with Gasteiger partial charge in [-0.2, -0.15) is 0 Å². The van der Waals surface area contributed by atoms with E-state index in [9.17, 15) is 0 Å². The highest BCUT2D eigenvalue weighted by Gasteiger charge is 2.37. The Hall–Kier alpha value is -1.42. The van der Waals surface area contributed by atoms with Crippen LogP contribution in [0, 0.1) is 0 Å². The molecule has 0 bridgehead atoms. The zero-order valence-electron chi connectivity index (χ0n) is 13.2. The molecule has 2 aliphatic rings. The Bertz CT molecular complexity index is 484. The third kappa shape index (κ3) is 2.95.